The summed E-state index contributed by atoms with van der Waals surface area (Å²) in [5.74, 6) is 0.742. The van der Waals surface area contributed by atoms with Crippen LogP contribution < -0.4 is 4.74 Å². The van der Waals surface area contributed by atoms with E-state index in [1.807, 2.05) is 29.7 Å². The molecule has 0 unspecified atom stereocenters. The second kappa shape index (κ2) is 9.34. The number of thioether (sulfide) groups is 1. The number of methoxy groups -OCH3 is 1. The zero-order valence-corrected chi connectivity index (χ0v) is 17.5. The van der Waals surface area contributed by atoms with Crippen LogP contribution in [0.3, 0.4) is 0 Å². The van der Waals surface area contributed by atoms with Crippen LogP contribution in [-0.2, 0) is 6.18 Å². The molecule has 1 aliphatic heterocycles. The highest BCUT2D eigenvalue weighted by atomic mass is 79.9. The van der Waals surface area contributed by atoms with Crippen LogP contribution in [0, 0.1) is 0 Å². The van der Waals surface area contributed by atoms with Crippen molar-refractivity contribution in [1.29, 1.82) is 0 Å². The third-order valence-electron chi connectivity index (χ3n) is 3.90. The number of hydrogen-bond acceptors (Lipinski definition) is 4. The molecule has 0 radical (unpaired) electrons. The SMILES string of the molecule is Br.C=CCN1N=C(c2cccc(C(F)(F)F)c2)SC=C1c1ccc(OC)cc1. The van der Waals surface area contributed by atoms with E-state index in [-0.39, 0.29) is 17.0 Å². The van der Waals surface area contributed by atoms with E-state index in [0.29, 0.717) is 17.2 Å². The van der Waals surface area contributed by atoms with Gasteiger partial charge in [0, 0.05) is 16.5 Å². The molecule has 0 spiro atoms. The fourth-order valence-electron chi connectivity index (χ4n) is 2.55. The molecule has 0 aliphatic carbocycles. The molecule has 2 aromatic rings. The number of halogens is 4. The van der Waals surface area contributed by atoms with E-state index in [9.17, 15) is 13.2 Å². The van der Waals surface area contributed by atoms with E-state index in [1.165, 1.54) is 17.8 Å². The fourth-order valence-corrected chi connectivity index (χ4v) is 3.44. The van der Waals surface area contributed by atoms with Gasteiger partial charge in [0.2, 0.25) is 0 Å². The molecule has 0 amide bonds. The van der Waals surface area contributed by atoms with E-state index in [4.69, 9.17) is 4.74 Å². The fraction of sp³-hybridized carbons (Fsp3) is 0.150. The lowest BCUT2D eigenvalue weighted by molar-refractivity contribution is -0.137. The van der Waals surface area contributed by atoms with Gasteiger partial charge >= 0.3 is 6.18 Å². The number of hydrogen-bond donors (Lipinski definition) is 0. The Hall–Kier alpha value is -2.19. The molecular weight excluding hydrogens is 453 g/mol. The molecule has 148 valence electrons. The van der Waals surface area contributed by atoms with Crippen molar-refractivity contribution < 1.29 is 17.9 Å². The van der Waals surface area contributed by atoms with E-state index in [0.717, 1.165) is 29.1 Å². The summed E-state index contributed by atoms with van der Waals surface area (Å²) < 4.78 is 44.1. The highest BCUT2D eigenvalue weighted by Crippen LogP contribution is 2.34. The van der Waals surface area contributed by atoms with Gasteiger partial charge in [0.05, 0.1) is 24.9 Å². The van der Waals surface area contributed by atoms with Gasteiger partial charge in [-0.25, -0.2) is 0 Å². The Bertz CT molecular complexity index is 895. The predicted octanol–water partition coefficient (Wildman–Crippen LogP) is 6.19. The standard InChI is InChI=1S/C20H17F3N2OS.BrH/c1-3-11-25-18(14-7-9-17(26-2)10-8-14)13-27-19(24-25)15-5-4-6-16(12-15)20(21,22)23;/h3-10,12-13H,1,11H2,2H3;1H. The lowest BCUT2D eigenvalue weighted by Gasteiger charge is -2.26. The quantitative estimate of drug-likeness (QED) is 0.487. The van der Waals surface area contributed by atoms with Gasteiger partial charge in [-0.15, -0.1) is 23.6 Å². The van der Waals surface area contributed by atoms with Gasteiger partial charge in [-0.3, -0.25) is 5.01 Å². The lowest BCUT2D eigenvalue weighted by Crippen LogP contribution is -2.21. The predicted molar refractivity (Wildman–Crippen MR) is 114 cm³/mol. The Morgan fingerprint density at radius 2 is 1.86 bits per heavy atom. The maximum atomic E-state index is 13.0. The second-order valence-corrected chi connectivity index (χ2v) is 6.56. The minimum absolute atomic E-state index is 0. The van der Waals surface area contributed by atoms with Crippen molar-refractivity contribution in [3.8, 4) is 5.75 Å². The average Bonchev–Trinajstić information content (AvgIpc) is 2.68. The first-order chi connectivity index (χ1) is 12.9. The number of ether oxygens (including phenoxy) is 1. The molecule has 2 aromatic carbocycles. The summed E-state index contributed by atoms with van der Waals surface area (Å²) in [5.41, 5.74) is 1.51. The zero-order chi connectivity index (χ0) is 19.4. The van der Waals surface area contributed by atoms with Gasteiger partial charge in [0.1, 0.15) is 10.8 Å². The number of benzene rings is 2. The maximum absolute atomic E-state index is 13.0. The summed E-state index contributed by atoms with van der Waals surface area (Å²) in [6.07, 6.45) is -2.69. The van der Waals surface area contributed by atoms with E-state index in [2.05, 4.69) is 11.7 Å². The molecule has 28 heavy (non-hydrogen) atoms. The number of nitrogens with zero attached hydrogens (tertiary/aromatic N) is 2. The van der Waals surface area contributed by atoms with Crippen molar-refractivity contribution in [2.45, 2.75) is 6.18 Å². The molecule has 0 bridgehead atoms. The smallest absolute Gasteiger partial charge is 0.416 e. The van der Waals surface area contributed by atoms with Crippen molar-refractivity contribution in [2.24, 2.45) is 5.10 Å². The van der Waals surface area contributed by atoms with E-state index < -0.39 is 11.7 Å². The van der Waals surface area contributed by atoms with Gasteiger partial charge < -0.3 is 4.74 Å². The summed E-state index contributed by atoms with van der Waals surface area (Å²) in [7, 11) is 1.60. The van der Waals surface area contributed by atoms with Crippen molar-refractivity contribution >= 4 is 39.5 Å². The monoisotopic (exact) mass is 470 g/mol. The Labute approximate surface area is 176 Å². The van der Waals surface area contributed by atoms with Crippen LogP contribution in [0.4, 0.5) is 13.2 Å². The van der Waals surface area contributed by atoms with Gasteiger partial charge in [-0.1, -0.05) is 30.0 Å². The van der Waals surface area contributed by atoms with Crippen LogP contribution in [0.1, 0.15) is 16.7 Å². The van der Waals surface area contributed by atoms with Crippen molar-refractivity contribution in [3.63, 3.8) is 0 Å². The van der Waals surface area contributed by atoms with Crippen molar-refractivity contribution in [3.05, 3.63) is 83.3 Å². The first-order valence-electron chi connectivity index (χ1n) is 8.08. The molecule has 0 N–H and O–H groups in total. The van der Waals surface area contributed by atoms with E-state index in [1.54, 1.807) is 24.3 Å². The molecule has 8 heteroatoms. The topological polar surface area (TPSA) is 24.8 Å². The molecular formula is C20H18BrF3N2OS. The van der Waals surface area contributed by atoms with E-state index >= 15 is 0 Å². The van der Waals surface area contributed by atoms with Crippen LogP contribution in [0.25, 0.3) is 5.70 Å². The molecule has 0 atom stereocenters. The van der Waals surface area contributed by atoms with Gasteiger partial charge in [0.15, 0.2) is 0 Å². The second-order valence-electron chi connectivity index (χ2n) is 5.70. The van der Waals surface area contributed by atoms with Crippen molar-refractivity contribution in [1.82, 2.24) is 5.01 Å². The highest BCUT2D eigenvalue weighted by molar-refractivity contribution is 8.93. The van der Waals surface area contributed by atoms with Gasteiger partial charge in [0.25, 0.3) is 0 Å². The minimum atomic E-state index is -4.39. The molecule has 1 heterocycles. The Morgan fingerprint density at radius 3 is 2.46 bits per heavy atom. The highest BCUT2D eigenvalue weighted by Gasteiger charge is 2.31. The molecule has 1 aliphatic rings. The van der Waals surface area contributed by atoms with Crippen LogP contribution >= 0.6 is 28.7 Å². The third kappa shape index (κ3) is 4.99. The van der Waals surface area contributed by atoms with Crippen LogP contribution in [-0.4, -0.2) is 23.7 Å². The zero-order valence-electron chi connectivity index (χ0n) is 14.9. The molecule has 0 fully saturated rings. The molecule has 3 nitrogen and oxygen atoms in total. The maximum Gasteiger partial charge on any atom is 0.416 e. The minimum Gasteiger partial charge on any atom is -0.497 e. The Morgan fingerprint density at radius 1 is 1.14 bits per heavy atom. The van der Waals surface area contributed by atoms with Gasteiger partial charge in [-0.05, 0) is 36.4 Å². The number of rotatable bonds is 5. The average molecular weight is 471 g/mol. The molecule has 0 saturated heterocycles. The van der Waals surface area contributed by atoms with Crippen LogP contribution in [0.5, 0.6) is 5.75 Å². The summed E-state index contributed by atoms with van der Waals surface area (Å²) >= 11 is 1.29. The molecule has 0 saturated carbocycles. The lowest BCUT2D eigenvalue weighted by atomic mass is 10.1. The first-order valence-corrected chi connectivity index (χ1v) is 8.96. The molecule has 0 aromatic heterocycles. The van der Waals surface area contributed by atoms with Gasteiger partial charge in [-0.2, -0.15) is 18.3 Å². The van der Waals surface area contributed by atoms with Crippen LogP contribution in [0.15, 0.2) is 71.7 Å². The summed E-state index contributed by atoms with van der Waals surface area (Å²) in [6, 6.07) is 12.7. The molecule has 3 rings (SSSR count). The first kappa shape index (κ1) is 22.1. The third-order valence-corrected chi connectivity index (χ3v) is 4.78. The number of alkyl halides is 3. The summed E-state index contributed by atoms with van der Waals surface area (Å²) in [5, 5.41) is 8.65. The number of hydrazone groups is 1. The summed E-state index contributed by atoms with van der Waals surface area (Å²) in [6.45, 7) is 4.17. The summed E-state index contributed by atoms with van der Waals surface area (Å²) in [4.78, 5) is 0. The van der Waals surface area contributed by atoms with Crippen molar-refractivity contribution in [2.75, 3.05) is 13.7 Å². The Balaban J connectivity index is 0.00000280. The largest absolute Gasteiger partial charge is 0.497 e. The normalized spacial score (nSPS) is 13.9. The Kier molecular flexibility index (Phi) is 7.37. The van der Waals surface area contributed by atoms with Crippen LogP contribution in [0.2, 0.25) is 0 Å².